The molecule has 10 heavy (non-hydrogen) atoms. The number of carbonyl (C=O) groups excluding carboxylic acids is 1. The molecule has 0 bridgehead atoms. The van der Waals surface area contributed by atoms with E-state index in [0.29, 0.717) is 18.3 Å². The Hall–Kier alpha value is -0.380. The molecule has 0 amide bonds. The van der Waals surface area contributed by atoms with Gasteiger partial charge in [0.15, 0.2) is 0 Å². The number of rotatable bonds is 4. The third-order valence-electron chi connectivity index (χ3n) is 0.714. The van der Waals surface area contributed by atoms with E-state index in [2.05, 4.69) is 20.7 Å². The van der Waals surface area contributed by atoms with Crippen molar-refractivity contribution in [2.45, 2.75) is 6.42 Å². The Morgan fingerprint density at radius 3 is 2.90 bits per heavy atom. The first-order valence-corrected chi connectivity index (χ1v) is 3.90. The van der Waals surface area contributed by atoms with Crippen LogP contribution in [0.2, 0.25) is 0 Å². The fourth-order valence-electron chi connectivity index (χ4n) is 0.352. The average molecular weight is 211 g/mol. The molecule has 0 aliphatic heterocycles. The highest BCUT2D eigenvalue weighted by Gasteiger charge is 1.96. The van der Waals surface area contributed by atoms with Crippen LogP contribution in [0.25, 0.3) is 0 Å². The van der Waals surface area contributed by atoms with E-state index in [0.717, 1.165) is 6.08 Å². The maximum atomic E-state index is 11.3. The highest BCUT2D eigenvalue weighted by molar-refractivity contribution is 9.09. The van der Waals surface area contributed by atoms with E-state index >= 15 is 0 Å². The third-order valence-corrected chi connectivity index (χ3v) is 1.04. The Morgan fingerprint density at radius 1 is 1.70 bits per heavy atom. The van der Waals surface area contributed by atoms with Crippen molar-refractivity contribution in [3.8, 4) is 0 Å². The summed E-state index contributed by atoms with van der Waals surface area (Å²) in [6.45, 7) is 0.332. The largest absolute Gasteiger partial charge is 0.465 e. The van der Waals surface area contributed by atoms with Gasteiger partial charge in [0.05, 0.1) is 12.8 Å². The maximum Gasteiger partial charge on any atom is 0.309 e. The molecule has 4 heteroatoms. The lowest BCUT2D eigenvalue weighted by Gasteiger charge is -1.97. The summed E-state index contributed by atoms with van der Waals surface area (Å²) in [6.07, 6.45) is 1.44. The van der Waals surface area contributed by atoms with Crippen LogP contribution < -0.4 is 0 Å². The first-order chi connectivity index (χ1) is 4.81. The first kappa shape index (κ1) is 9.62. The van der Waals surface area contributed by atoms with Crippen LogP contribution in [0, 0.1) is 0 Å². The summed E-state index contributed by atoms with van der Waals surface area (Å²) in [5.74, 6) is -0.409. The summed E-state index contributed by atoms with van der Waals surface area (Å²) in [5, 5.41) is 0.609. The van der Waals surface area contributed by atoms with Gasteiger partial charge in [0, 0.05) is 5.33 Å². The van der Waals surface area contributed by atoms with Gasteiger partial charge in [-0.05, 0) is 6.08 Å². The molecule has 0 radical (unpaired) electrons. The number of hydrogen-bond acceptors (Lipinski definition) is 2. The molecule has 0 aliphatic rings. The van der Waals surface area contributed by atoms with Crippen LogP contribution in [-0.4, -0.2) is 17.9 Å². The summed E-state index contributed by atoms with van der Waals surface area (Å²) in [5.41, 5.74) is 0. The number of hydrogen-bond donors (Lipinski definition) is 0. The van der Waals surface area contributed by atoms with Crippen LogP contribution in [0.15, 0.2) is 12.4 Å². The molecular weight excluding hydrogens is 203 g/mol. The van der Waals surface area contributed by atoms with Crippen LogP contribution in [0.1, 0.15) is 6.42 Å². The average Bonchev–Trinajstić information content (AvgIpc) is 1.97. The molecule has 0 aromatic rings. The van der Waals surface area contributed by atoms with E-state index in [1.807, 2.05) is 0 Å². The Kier molecular flexibility index (Phi) is 6.48. The molecule has 0 heterocycles. The molecule has 0 saturated heterocycles. The van der Waals surface area contributed by atoms with E-state index in [-0.39, 0.29) is 6.42 Å². The van der Waals surface area contributed by atoms with Gasteiger partial charge in [0.1, 0.15) is 6.61 Å². The molecule has 0 aromatic heterocycles. The predicted molar refractivity (Wildman–Crippen MR) is 39.6 cm³/mol. The molecule has 0 aromatic carbocycles. The second kappa shape index (κ2) is 6.74. The normalized spacial score (nSPS) is 10.2. The minimum absolute atomic E-state index is 0.00347. The van der Waals surface area contributed by atoms with E-state index in [1.54, 1.807) is 0 Å². The van der Waals surface area contributed by atoms with Gasteiger partial charge in [-0.1, -0.05) is 15.9 Å². The van der Waals surface area contributed by atoms with Crippen molar-refractivity contribution >= 4 is 21.9 Å². The maximum absolute atomic E-state index is 11.3. The number of ether oxygens (including phenoxy) is 1. The lowest BCUT2D eigenvalue weighted by Crippen LogP contribution is -2.04. The fraction of sp³-hybridized carbons (Fsp3) is 0.500. The van der Waals surface area contributed by atoms with Gasteiger partial charge < -0.3 is 4.74 Å². The van der Waals surface area contributed by atoms with Crippen LogP contribution in [0.4, 0.5) is 4.39 Å². The van der Waals surface area contributed by atoms with Crippen molar-refractivity contribution in [3.63, 3.8) is 0 Å². The van der Waals surface area contributed by atoms with E-state index in [9.17, 15) is 9.18 Å². The SMILES string of the molecule is O=C(CC=CF)OCCBr. The zero-order valence-electron chi connectivity index (χ0n) is 5.35. The molecule has 0 aliphatic carbocycles. The van der Waals surface area contributed by atoms with Crippen LogP contribution in [-0.2, 0) is 9.53 Å². The highest BCUT2D eigenvalue weighted by Crippen LogP contribution is 1.90. The minimum Gasteiger partial charge on any atom is -0.465 e. The zero-order valence-corrected chi connectivity index (χ0v) is 6.93. The summed E-state index contributed by atoms with van der Waals surface area (Å²) in [7, 11) is 0. The molecule has 0 atom stereocenters. The Morgan fingerprint density at radius 2 is 2.40 bits per heavy atom. The van der Waals surface area contributed by atoms with Crippen molar-refractivity contribution < 1.29 is 13.9 Å². The fourth-order valence-corrected chi connectivity index (χ4v) is 0.514. The number of esters is 1. The Bertz CT molecular complexity index is 125. The number of halogens is 2. The Balaban J connectivity index is 3.25. The molecule has 0 rings (SSSR count). The molecule has 0 fully saturated rings. The summed E-state index contributed by atoms with van der Waals surface area (Å²) in [4.78, 5) is 10.5. The lowest BCUT2D eigenvalue weighted by molar-refractivity contribution is -0.141. The zero-order chi connectivity index (χ0) is 7.82. The van der Waals surface area contributed by atoms with Gasteiger partial charge in [-0.25, -0.2) is 4.39 Å². The monoisotopic (exact) mass is 210 g/mol. The molecule has 0 saturated carbocycles. The first-order valence-electron chi connectivity index (χ1n) is 2.78. The van der Waals surface area contributed by atoms with Crippen LogP contribution in [0.5, 0.6) is 0 Å². The quantitative estimate of drug-likeness (QED) is 0.523. The molecule has 0 N–H and O–H groups in total. The van der Waals surface area contributed by atoms with Crippen LogP contribution >= 0.6 is 15.9 Å². The summed E-state index contributed by atoms with van der Waals surface area (Å²) in [6, 6.07) is 0. The lowest BCUT2D eigenvalue weighted by atomic mass is 10.4. The van der Waals surface area contributed by atoms with E-state index < -0.39 is 5.97 Å². The molecule has 58 valence electrons. The Labute approximate surface area is 67.2 Å². The number of carbonyl (C=O) groups is 1. The number of alkyl halides is 1. The van der Waals surface area contributed by atoms with Gasteiger partial charge in [0.25, 0.3) is 0 Å². The van der Waals surface area contributed by atoms with Gasteiger partial charge >= 0.3 is 5.97 Å². The van der Waals surface area contributed by atoms with Crippen molar-refractivity contribution in [2.24, 2.45) is 0 Å². The van der Waals surface area contributed by atoms with Crippen molar-refractivity contribution in [1.29, 1.82) is 0 Å². The minimum atomic E-state index is -0.409. The van der Waals surface area contributed by atoms with Crippen molar-refractivity contribution in [3.05, 3.63) is 12.4 Å². The van der Waals surface area contributed by atoms with Crippen molar-refractivity contribution in [1.82, 2.24) is 0 Å². The molecule has 2 nitrogen and oxygen atoms in total. The highest BCUT2D eigenvalue weighted by atomic mass is 79.9. The van der Waals surface area contributed by atoms with E-state index in [1.165, 1.54) is 0 Å². The molecule has 0 spiro atoms. The van der Waals surface area contributed by atoms with Gasteiger partial charge in [-0.3, -0.25) is 4.79 Å². The van der Waals surface area contributed by atoms with Crippen LogP contribution in [0.3, 0.4) is 0 Å². The summed E-state index contributed by atoms with van der Waals surface area (Å²) >= 11 is 3.08. The third kappa shape index (κ3) is 5.75. The second-order valence-corrected chi connectivity index (χ2v) is 2.27. The topological polar surface area (TPSA) is 26.3 Å². The van der Waals surface area contributed by atoms with Crippen molar-refractivity contribution in [2.75, 3.05) is 11.9 Å². The molecule has 0 unspecified atom stereocenters. The standard InChI is InChI=1S/C6H8BrFO2/c7-3-5-10-6(9)2-1-4-8/h1,4H,2-3,5H2. The smallest absolute Gasteiger partial charge is 0.309 e. The van der Waals surface area contributed by atoms with Gasteiger partial charge in [-0.2, -0.15) is 0 Å². The second-order valence-electron chi connectivity index (χ2n) is 1.48. The predicted octanol–water partition coefficient (Wildman–Crippen LogP) is 1.80. The van der Waals surface area contributed by atoms with Gasteiger partial charge in [-0.15, -0.1) is 0 Å². The summed E-state index contributed by atoms with van der Waals surface area (Å²) < 4.78 is 15.9. The van der Waals surface area contributed by atoms with E-state index in [4.69, 9.17) is 0 Å². The molecular formula is C6H8BrFO2. The van der Waals surface area contributed by atoms with Gasteiger partial charge in [0.2, 0.25) is 0 Å².